The molecule has 0 unspecified atom stereocenters. The lowest BCUT2D eigenvalue weighted by molar-refractivity contribution is -0.127. The van der Waals surface area contributed by atoms with Crippen LogP contribution in [0, 0.1) is 0 Å². The van der Waals surface area contributed by atoms with Crippen molar-refractivity contribution in [2.24, 2.45) is 5.73 Å². The molecule has 7 heteroatoms. The van der Waals surface area contributed by atoms with Crippen LogP contribution in [0.3, 0.4) is 0 Å². The van der Waals surface area contributed by atoms with E-state index in [1.54, 1.807) is 0 Å². The third-order valence-corrected chi connectivity index (χ3v) is 4.54. The Morgan fingerprint density at radius 1 is 0.958 bits per heavy atom. The molecule has 1 fully saturated rings. The topological polar surface area (TPSA) is 73.6 Å². The van der Waals surface area contributed by atoms with Gasteiger partial charge in [-0.2, -0.15) is 0 Å². The van der Waals surface area contributed by atoms with Crippen LogP contribution < -0.4 is 11.1 Å². The molecular weight excluding hydrogens is 351 g/mol. The van der Waals surface area contributed by atoms with E-state index in [1.165, 1.54) is 19.3 Å². The van der Waals surface area contributed by atoms with E-state index in [1.807, 2.05) is 0 Å². The van der Waals surface area contributed by atoms with Gasteiger partial charge in [0.2, 0.25) is 5.91 Å². The van der Waals surface area contributed by atoms with Crippen molar-refractivity contribution < 1.29 is 14.3 Å². The highest BCUT2D eigenvalue weighted by molar-refractivity contribution is 6.17. The zero-order valence-electron chi connectivity index (χ0n) is 14.7. The normalized spacial score (nSPS) is 16.4. The van der Waals surface area contributed by atoms with E-state index < -0.39 is 5.54 Å². The van der Waals surface area contributed by atoms with Crippen LogP contribution in [0.4, 0.5) is 0 Å². The summed E-state index contributed by atoms with van der Waals surface area (Å²) < 4.78 is 10.9. The molecule has 1 amide bonds. The van der Waals surface area contributed by atoms with Crippen LogP contribution in [-0.4, -0.2) is 50.3 Å². The lowest BCUT2D eigenvalue weighted by atomic mass is 9.82. The van der Waals surface area contributed by atoms with Gasteiger partial charge in [0.1, 0.15) is 0 Å². The quantitative estimate of drug-likeness (QED) is 0.378. The molecule has 24 heavy (non-hydrogen) atoms. The van der Waals surface area contributed by atoms with Gasteiger partial charge in [-0.3, -0.25) is 4.79 Å². The Labute approximate surface area is 157 Å². The molecule has 5 nitrogen and oxygen atoms in total. The standard InChI is InChI=1S/C17H33ClN2O3.ClH/c18-10-6-1-2-7-12-22-14-15-23-13-11-20-16(21)17(19)8-4-3-5-9-17;/h1-15,19H2,(H,20,21);1H. The van der Waals surface area contributed by atoms with E-state index in [-0.39, 0.29) is 18.3 Å². The molecule has 1 rings (SSSR count). The predicted octanol–water partition coefficient (Wildman–Crippen LogP) is 3.02. The van der Waals surface area contributed by atoms with E-state index >= 15 is 0 Å². The molecule has 0 aromatic carbocycles. The number of carbonyl (C=O) groups excluding carboxylic acids is 1. The summed E-state index contributed by atoms with van der Waals surface area (Å²) in [5.41, 5.74) is 5.50. The molecule has 1 aliphatic rings. The second-order valence-electron chi connectivity index (χ2n) is 6.30. The lowest BCUT2D eigenvalue weighted by Crippen LogP contribution is -2.55. The molecule has 0 aliphatic heterocycles. The maximum absolute atomic E-state index is 12.1. The molecule has 144 valence electrons. The number of alkyl halides is 1. The first-order valence-electron chi connectivity index (χ1n) is 8.98. The third-order valence-electron chi connectivity index (χ3n) is 4.27. The Morgan fingerprint density at radius 2 is 1.58 bits per heavy atom. The van der Waals surface area contributed by atoms with Gasteiger partial charge in [-0.25, -0.2) is 0 Å². The molecule has 0 atom stereocenters. The maximum atomic E-state index is 12.1. The van der Waals surface area contributed by atoms with E-state index in [2.05, 4.69) is 5.32 Å². The van der Waals surface area contributed by atoms with Crippen LogP contribution in [0.2, 0.25) is 0 Å². The van der Waals surface area contributed by atoms with Crippen LogP contribution >= 0.6 is 24.0 Å². The molecule has 0 radical (unpaired) electrons. The lowest BCUT2D eigenvalue weighted by Gasteiger charge is -2.31. The SMILES string of the molecule is Cl.NC1(C(=O)NCCOCCOCCCCCCCl)CCCCC1. The third kappa shape index (κ3) is 10.7. The Hall–Kier alpha value is -0.0700. The number of nitrogens with one attached hydrogen (secondary N) is 1. The van der Waals surface area contributed by atoms with E-state index in [0.717, 1.165) is 51.0 Å². The van der Waals surface area contributed by atoms with Crippen molar-refractivity contribution in [2.45, 2.75) is 63.3 Å². The van der Waals surface area contributed by atoms with Crippen molar-refractivity contribution in [1.82, 2.24) is 5.32 Å². The largest absolute Gasteiger partial charge is 0.379 e. The smallest absolute Gasteiger partial charge is 0.240 e. The summed E-state index contributed by atoms with van der Waals surface area (Å²) in [4.78, 5) is 12.1. The van der Waals surface area contributed by atoms with Gasteiger partial charge in [-0.1, -0.05) is 32.1 Å². The first-order valence-corrected chi connectivity index (χ1v) is 9.51. The maximum Gasteiger partial charge on any atom is 0.240 e. The highest BCUT2D eigenvalue weighted by Gasteiger charge is 2.34. The Balaban J connectivity index is 0.00000529. The second-order valence-corrected chi connectivity index (χ2v) is 6.68. The molecule has 3 N–H and O–H groups in total. The summed E-state index contributed by atoms with van der Waals surface area (Å²) in [7, 11) is 0. The van der Waals surface area contributed by atoms with Crippen molar-refractivity contribution in [3.63, 3.8) is 0 Å². The summed E-state index contributed by atoms with van der Waals surface area (Å²) in [6, 6.07) is 0. The van der Waals surface area contributed by atoms with E-state index in [9.17, 15) is 4.79 Å². The van der Waals surface area contributed by atoms with Gasteiger partial charge >= 0.3 is 0 Å². The number of halogens is 2. The summed E-state index contributed by atoms with van der Waals surface area (Å²) >= 11 is 5.61. The van der Waals surface area contributed by atoms with Gasteiger partial charge in [-0.05, 0) is 25.7 Å². The highest BCUT2D eigenvalue weighted by atomic mass is 35.5. The number of amides is 1. The number of unbranched alkanes of at least 4 members (excludes halogenated alkanes) is 3. The minimum Gasteiger partial charge on any atom is -0.379 e. The number of hydrogen-bond acceptors (Lipinski definition) is 4. The fourth-order valence-electron chi connectivity index (χ4n) is 2.80. The molecule has 0 bridgehead atoms. The van der Waals surface area contributed by atoms with Crippen LogP contribution in [0.1, 0.15) is 57.8 Å². The van der Waals surface area contributed by atoms with Gasteiger partial charge in [0, 0.05) is 19.0 Å². The summed E-state index contributed by atoms with van der Waals surface area (Å²) in [5.74, 6) is 0.713. The van der Waals surface area contributed by atoms with Gasteiger partial charge in [0.05, 0.1) is 25.4 Å². The molecular formula is C17H34Cl2N2O3. The Bertz CT molecular complexity index is 314. The highest BCUT2D eigenvalue weighted by Crippen LogP contribution is 2.25. The molecule has 1 aliphatic carbocycles. The van der Waals surface area contributed by atoms with E-state index in [4.69, 9.17) is 26.8 Å². The summed E-state index contributed by atoms with van der Waals surface area (Å²) in [6.07, 6.45) is 9.35. The number of nitrogens with two attached hydrogens (primary N) is 1. The zero-order chi connectivity index (χ0) is 16.8. The van der Waals surface area contributed by atoms with Crippen LogP contribution in [0.5, 0.6) is 0 Å². The average Bonchev–Trinajstić information content (AvgIpc) is 2.56. The van der Waals surface area contributed by atoms with Crippen LogP contribution in [-0.2, 0) is 14.3 Å². The minimum absolute atomic E-state index is 0. The monoisotopic (exact) mass is 384 g/mol. The van der Waals surface area contributed by atoms with Gasteiger partial charge in [-0.15, -0.1) is 24.0 Å². The molecule has 0 spiro atoms. The van der Waals surface area contributed by atoms with Crippen LogP contribution in [0.25, 0.3) is 0 Å². The fourth-order valence-corrected chi connectivity index (χ4v) is 2.99. The fraction of sp³-hybridized carbons (Fsp3) is 0.941. The average molecular weight is 385 g/mol. The number of ether oxygens (including phenoxy) is 2. The molecule has 0 heterocycles. The molecule has 0 aromatic rings. The summed E-state index contributed by atoms with van der Waals surface area (Å²) in [5, 5.41) is 2.88. The number of carbonyl (C=O) groups is 1. The first kappa shape index (κ1) is 23.9. The molecule has 0 saturated heterocycles. The number of hydrogen-bond donors (Lipinski definition) is 2. The minimum atomic E-state index is -0.662. The zero-order valence-corrected chi connectivity index (χ0v) is 16.3. The van der Waals surface area contributed by atoms with Crippen molar-refractivity contribution in [2.75, 3.05) is 38.9 Å². The van der Waals surface area contributed by atoms with Crippen molar-refractivity contribution >= 4 is 29.9 Å². The van der Waals surface area contributed by atoms with E-state index in [0.29, 0.717) is 26.4 Å². The molecule has 1 saturated carbocycles. The predicted molar refractivity (Wildman–Crippen MR) is 101 cm³/mol. The van der Waals surface area contributed by atoms with Crippen LogP contribution in [0.15, 0.2) is 0 Å². The van der Waals surface area contributed by atoms with Crippen molar-refractivity contribution in [1.29, 1.82) is 0 Å². The van der Waals surface area contributed by atoms with Crippen molar-refractivity contribution in [3.8, 4) is 0 Å². The van der Waals surface area contributed by atoms with Gasteiger partial charge in [0.25, 0.3) is 0 Å². The Kier molecular flexibility index (Phi) is 15.2. The van der Waals surface area contributed by atoms with Crippen molar-refractivity contribution in [3.05, 3.63) is 0 Å². The second kappa shape index (κ2) is 15.2. The Morgan fingerprint density at radius 3 is 2.25 bits per heavy atom. The van der Waals surface area contributed by atoms with Gasteiger partial charge < -0.3 is 20.5 Å². The number of rotatable bonds is 13. The van der Waals surface area contributed by atoms with Gasteiger partial charge in [0.15, 0.2) is 0 Å². The summed E-state index contributed by atoms with van der Waals surface area (Å²) in [6.45, 7) is 2.95. The first-order chi connectivity index (χ1) is 11.2. The molecule has 0 aromatic heterocycles.